The summed E-state index contributed by atoms with van der Waals surface area (Å²) in [7, 11) is 1.29. The molecule has 0 spiro atoms. The number of carbonyl (C=O) groups is 1. The second-order valence-electron chi connectivity index (χ2n) is 5.02. The van der Waals surface area contributed by atoms with Gasteiger partial charge in [-0.25, -0.2) is 9.18 Å². The number of benzene rings is 1. The lowest BCUT2D eigenvalue weighted by molar-refractivity contribution is 0.0600. The molecule has 20 heavy (non-hydrogen) atoms. The molecule has 6 heteroatoms. The number of aromatic nitrogens is 2. The first kappa shape index (κ1) is 13.5. The normalized spacial score (nSPS) is 15.9. The van der Waals surface area contributed by atoms with Gasteiger partial charge in [0, 0.05) is 0 Å². The van der Waals surface area contributed by atoms with Crippen molar-refractivity contribution >= 4 is 32.8 Å². The molecule has 3 rings (SSSR count). The number of fused-ring (bicyclic) bond motifs is 1. The molecular formula is C14H14BrFN2O2. The molecule has 0 N–H and O–H groups in total. The van der Waals surface area contributed by atoms with Gasteiger partial charge in [0.15, 0.2) is 0 Å². The summed E-state index contributed by atoms with van der Waals surface area (Å²) >= 11 is 3.31. The fourth-order valence-corrected chi connectivity index (χ4v) is 3.40. The van der Waals surface area contributed by atoms with E-state index >= 15 is 0 Å². The minimum Gasteiger partial charge on any atom is -0.465 e. The van der Waals surface area contributed by atoms with Gasteiger partial charge in [0.25, 0.3) is 0 Å². The van der Waals surface area contributed by atoms with Gasteiger partial charge in [0.05, 0.1) is 29.6 Å². The number of hydrogen-bond donors (Lipinski definition) is 0. The molecule has 0 radical (unpaired) electrons. The molecule has 0 atom stereocenters. The van der Waals surface area contributed by atoms with E-state index in [1.165, 1.54) is 13.2 Å². The lowest BCUT2D eigenvalue weighted by Crippen LogP contribution is -2.07. The summed E-state index contributed by atoms with van der Waals surface area (Å²) in [6, 6.07) is 3.12. The van der Waals surface area contributed by atoms with Crippen LogP contribution >= 0.6 is 15.9 Å². The van der Waals surface area contributed by atoms with Crippen LogP contribution in [0.5, 0.6) is 0 Å². The van der Waals surface area contributed by atoms with Crippen molar-refractivity contribution in [1.82, 2.24) is 9.78 Å². The predicted molar refractivity (Wildman–Crippen MR) is 76.2 cm³/mol. The van der Waals surface area contributed by atoms with E-state index in [0.29, 0.717) is 15.5 Å². The van der Waals surface area contributed by atoms with Crippen molar-refractivity contribution in [3.8, 4) is 0 Å². The summed E-state index contributed by atoms with van der Waals surface area (Å²) < 4.78 is 21.2. The first-order chi connectivity index (χ1) is 9.61. The number of halogens is 2. The van der Waals surface area contributed by atoms with Crippen molar-refractivity contribution in [3.05, 3.63) is 28.1 Å². The van der Waals surface area contributed by atoms with E-state index in [1.54, 1.807) is 6.07 Å². The maximum Gasteiger partial charge on any atom is 0.338 e. The van der Waals surface area contributed by atoms with Gasteiger partial charge in [-0.05, 0) is 40.9 Å². The first-order valence-electron chi connectivity index (χ1n) is 6.57. The third kappa shape index (κ3) is 2.12. The molecule has 4 nitrogen and oxygen atoms in total. The van der Waals surface area contributed by atoms with Gasteiger partial charge in [-0.1, -0.05) is 12.8 Å². The lowest BCUT2D eigenvalue weighted by Gasteiger charge is -2.11. The molecule has 106 valence electrons. The largest absolute Gasteiger partial charge is 0.465 e. The van der Waals surface area contributed by atoms with Gasteiger partial charge < -0.3 is 4.74 Å². The van der Waals surface area contributed by atoms with Gasteiger partial charge in [-0.2, -0.15) is 5.10 Å². The molecule has 0 amide bonds. The molecule has 1 aliphatic carbocycles. The molecule has 1 saturated carbocycles. The van der Waals surface area contributed by atoms with Crippen LogP contribution < -0.4 is 0 Å². The summed E-state index contributed by atoms with van der Waals surface area (Å²) in [4.78, 5) is 11.6. The SMILES string of the molecule is COC(=O)c1cc(F)c2c(Br)nn(C3CCCC3)c2c1. The van der Waals surface area contributed by atoms with Crippen molar-refractivity contribution in [2.75, 3.05) is 7.11 Å². The minimum atomic E-state index is -0.541. The van der Waals surface area contributed by atoms with Crippen molar-refractivity contribution in [1.29, 1.82) is 0 Å². The van der Waals surface area contributed by atoms with Gasteiger partial charge >= 0.3 is 5.97 Å². The van der Waals surface area contributed by atoms with Gasteiger partial charge in [0.1, 0.15) is 10.4 Å². The van der Waals surface area contributed by atoms with E-state index in [2.05, 4.69) is 25.8 Å². The molecule has 1 heterocycles. The summed E-state index contributed by atoms with van der Waals surface area (Å²) in [6.45, 7) is 0. The Morgan fingerprint density at radius 2 is 2.15 bits per heavy atom. The average molecular weight is 341 g/mol. The van der Waals surface area contributed by atoms with Crippen LogP contribution in [0.25, 0.3) is 10.9 Å². The molecule has 1 fully saturated rings. The molecule has 2 aromatic rings. The Balaban J connectivity index is 2.21. The zero-order chi connectivity index (χ0) is 14.3. The van der Waals surface area contributed by atoms with Crippen LogP contribution in [0.1, 0.15) is 42.1 Å². The second kappa shape index (κ2) is 5.16. The van der Waals surface area contributed by atoms with Gasteiger partial charge in [-0.15, -0.1) is 0 Å². The van der Waals surface area contributed by atoms with Crippen LogP contribution in [0.3, 0.4) is 0 Å². The standard InChI is InChI=1S/C14H14BrFN2O2/c1-20-14(19)8-6-10(16)12-11(7-8)18(17-13(12)15)9-4-2-3-5-9/h6-7,9H,2-5H2,1H3. The fourth-order valence-electron chi connectivity index (χ4n) is 2.84. The Morgan fingerprint density at radius 1 is 1.45 bits per heavy atom. The number of ether oxygens (including phenoxy) is 1. The van der Waals surface area contributed by atoms with Crippen LogP contribution in [0.2, 0.25) is 0 Å². The van der Waals surface area contributed by atoms with Crippen LogP contribution in [0, 0.1) is 5.82 Å². The van der Waals surface area contributed by atoms with E-state index in [9.17, 15) is 9.18 Å². The van der Waals surface area contributed by atoms with E-state index < -0.39 is 11.8 Å². The molecule has 0 bridgehead atoms. The zero-order valence-corrected chi connectivity index (χ0v) is 12.6. The zero-order valence-electron chi connectivity index (χ0n) is 11.0. The summed E-state index contributed by atoms with van der Waals surface area (Å²) in [5, 5.41) is 4.82. The highest BCUT2D eigenvalue weighted by molar-refractivity contribution is 9.10. The molecule has 1 aromatic carbocycles. The number of esters is 1. The van der Waals surface area contributed by atoms with Crippen molar-refractivity contribution in [2.24, 2.45) is 0 Å². The summed E-state index contributed by atoms with van der Waals surface area (Å²) in [5.74, 6) is -1.000. The van der Waals surface area contributed by atoms with Crippen LogP contribution in [0.4, 0.5) is 4.39 Å². The van der Waals surface area contributed by atoms with E-state index in [-0.39, 0.29) is 11.6 Å². The highest BCUT2D eigenvalue weighted by Gasteiger charge is 2.24. The Morgan fingerprint density at radius 3 is 2.80 bits per heavy atom. The maximum atomic E-state index is 14.2. The van der Waals surface area contributed by atoms with E-state index in [1.807, 2.05) is 4.68 Å². The fraction of sp³-hybridized carbons (Fsp3) is 0.429. The highest BCUT2D eigenvalue weighted by atomic mass is 79.9. The molecule has 0 saturated heterocycles. The topological polar surface area (TPSA) is 44.1 Å². The monoisotopic (exact) mass is 340 g/mol. The number of methoxy groups -OCH3 is 1. The van der Waals surface area contributed by atoms with E-state index in [0.717, 1.165) is 25.7 Å². The molecule has 1 aliphatic rings. The van der Waals surface area contributed by atoms with Crippen LogP contribution in [-0.2, 0) is 4.74 Å². The molecule has 0 aliphatic heterocycles. The number of carbonyl (C=O) groups excluding carboxylic acids is 1. The highest BCUT2D eigenvalue weighted by Crippen LogP contribution is 2.35. The van der Waals surface area contributed by atoms with Crippen LogP contribution in [0.15, 0.2) is 16.7 Å². The van der Waals surface area contributed by atoms with E-state index in [4.69, 9.17) is 0 Å². The third-order valence-corrected chi connectivity index (χ3v) is 4.36. The molecule has 0 unspecified atom stereocenters. The Hall–Kier alpha value is -1.43. The smallest absolute Gasteiger partial charge is 0.338 e. The minimum absolute atomic E-state index is 0.212. The van der Waals surface area contributed by atoms with Crippen molar-refractivity contribution in [3.63, 3.8) is 0 Å². The van der Waals surface area contributed by atoms with Gasteiger partial charge in [0.2, 0.25) is 0 Å². The average Bonchev–Trinajstić information content (AvgIpc) is 3.05. The number of hydrogen-bond acceptors (Lipinski definition) is 3. The Bertz CT molecular complexity index is 677. The third-order valence-electron chi connectivity index (χ3n) is 3.81. The second-order valence-corrected chi connectivity index (χ2v) is 5.77. The maximum absolute atomic E-state index is 14.2. The Kier molecular flexibility index (Phi) is 3.50. The first-order valence-corrected chi connectivity index (χ1v) is 7.36. The molecular weight excluding hydrogens is 327 g/mol. The van der Waals surface area contributed by atoms with Gasteiger partial charge in [-0.3, -0.25) is 4.68 Å². The number of nitrogens with zero attached hydrogens (tertiary/aromatic N) is 2. The quantitative estimate of drug-likeness (QED) is 0.780. The summed E-state index contributed by atoms with van der Waals surface area (Å²) in [6.07, 6.45) is 4.38. The van der Waals surface area contributed by atoms with Crippen molar-refractivity contribution < 1.29 is 13.9 Å². The van der Waals surface area contributed by atoms with Crippen LogP contribution in [-0.4, -0.2) is 22.9 Å². The lowest BCUT2D eigenvalue weighted by atomic mass is 10.1. The van der Waals surface area contributed by atoms with Crippen molar-refractivity contribution in [2.45, 2.75) is 31.7 Å². The Labute approximate surface area is 124 Å². The predicted octanol–water partition coefficient (Wildman–Crippen LogP) is 3.84. The molecule has 1 aromatic heterocycles. The number of rotatable bonds is 2. The summed E-state index contributed by atoms with van der Waals surface area (Å²) in [5.41, 5.74) is 0.855.